The van der Waals surface area contributed by atoms with Gasteiger partial charge in [-0.2, -0.15) is 0 Å². The molecular formula is C21H19F2N3OS. The highest BCUT2D eigenvalue weighted by Crippen LogP contribution is 2.44. The lowest BCUT2D eigenvalue weighted by molar-refractivity contribution is 0.273. The van der Waals surface area contributed by atoms with Gasteiger partial charge >= 0.3 is 0 Å². The van der Waals surface area contributed by atoms with E-state index in [1.165, 1.54) is 18.5 Å². The molecule has 0 amide bonds. The second-order valence-corrected chi connectivity index (χ2v) is 7.38. The van der Waals surface area contributed by atoms with Crippen LogP contribution in [0, 0.1) is 11.6 Å². The first-order chi connectivity index (χ1) is 13.5. The largest absolute Gasteiger partial charge is 0.485 e. The summed E-state index contributed by atoms with van der Waals surface area (Å²) < 4.78 is 35.3. The second-order valence-electron chi connectivity index (χ2n) is 6.86. The minimum atomic E-state index is -0.522. The van der Waals surface area contributed by atoms with Crippen LogP contribution in [0.4, 0.5) is 14.6 Å². The van der Waals surface area contributed by atoms with E-state index in [1.807, 2.05) is 6.07 Å². The summed E-state index contributed by atoms with van der Waals surface area (Å²) in [6.07, 6.45) is 5.87. The lowest BCUT2D eigenvalue weighted by Gasteiger charge is -2.28. The number of rotatable bonds is 5. The molecule has 1 heterocycles. The van der Waals surface area contributed by atoms with Crippen LogP contribution in [0.25, 0.3) is 11.3 Å². The molecule has 0 spiro atoms. The van der Waals surface area contributed by atoms with Gasteiger partial charge < -0.3 is 10.5 Å². The summed E-state index contributed by atoms with van der Waals surface area (Å²) in [5, 5.41) is 0. The Labute approximate surface area is 167 Å². The molecule has 7 heteroatoms. The summed E-state index contributed by atoms with van der Waals surface area (Å²) in [4.78, 5) is 8.74. The normalized spacial score (nSPS) is 14.0. The van der Waals surface area contributed by atoms with Crippen molar-refractivity contribution in [2.75, 3.05) is 5.73 Å². The predicted molar refractivity (Wildman–Crippen MR) is 106 cm³/mol. The summed E-state index contributed by atoms with van der Waals surface area (Å²) in [5.41, 5.74) is 7.33. The third-order valence-electron chi connectivity index (χ3n) is 5.02. The van der Waals surface area contributed by atoms with Crippen LogP contribution in [0.3, 0.4) is 0 Å². The van der Waals surface area contributed by atoms with Gasteiger partial charge in [-0.15, -0.1) is 12.6 Å². The first-order valence-corrected chi connectivity index (χ1v) is 9.48. The number of halogens is 2. The molecule has 4 nitrogen and oxygen atoms in total. The van der Waals surface area contributed by atoms with Gasteiger partial charge in [-0.3, -0.25) is 4.98 Å². The van der Waals surface area contributed by atoms with Gasteiger partial charge in [-0.25, -0.2) is 13.8 Å². The van der Waals surface area contributed by atoms with E-state index in [2.05, 4.69) is 22.6 Å². The van der Waals surface area contributed by atoms with E-state index in [0.717, 1.165) is 24.8 Å². The highest BCUT2D eigenvalue weighted by molar-refractivity contribution is 7.80. The van der Waals surface area contributed by atoms with E-state index in [9.17, 15) is 4.39 Å². The molecule has 4 rings (SSSR count). The van der Waals surface area contributed by atoms with Gasteiger partial charge in [-0.05, 0) is 43.0 Å². The van der Waals surface area contributed by atoms with Crippen molar-refractivity contribution in [2.24, 2.45) is 0 Å². The molecule has 0 radical (unpaired) electrons. The monoisotopic (exact) mass is 399 g/mol. The summed E-state index contributed by atoms with van der Waals surface area (Å²) >= 11 is 4.23. The average Bonchev–Trinajstić information content (AvgIpc) is 2.63. The minimum Gasteiger partial charge on any atom is -0.485 e. The standard InChI is InChI=1S/C21H19F2N3OS/c22-17-7-4-14(28)8-13(17)11-27-21-15(12-2-1-3-12)5-6-16(20(21)23)18-9-26-19(24)10-25-18/h4-10,12,28H,1-3,11H2,(H2,24,26). The van der Waals surface area contributed by atoms with Crippen LogP contribution in [0.15, 0.2) is 47.6 Å². The lowest BCUT2D eigenvalue weighted by Crippen LogP contribution is -2.12. The van der Waals surface area contributed by atoms with E-state index in [-0.39, 0.29) is 29.7 Å². The molecule has 144 valence electrons. The predicted octanol–water partition coefficient (Wildman–Crippen LogP) is 5.14. The van der Waals surface area contributed by atoms with Crippen LogP contribution >= 0.6 is 12.6 Å². The van der Waals surface area contributed by atoms with E-state index >= 15 is 4.39 Å². The molecule has 0 bridgehead atoms. The van der Waals surface area contributed by atoms with Gasteiger partial charge in [0.25, 0.3) is 0 Å². The summed E-state index contributed by atoms with van der Waals surface area (Å²) in [5.74, 6) is -0.286. The number of aromatic nitrogens is 2. The molecule has 28 heavy (non-hydrogen) atoms. The summed E-state index contributed by atoms with van der Waals surface area (Å²) in [6, 6.07) is 8.01. The second kappa shape index (κ2) is 7.75. The maximum Gasteiger partial charge on any atom is 0.174 e. The van der Waals surface area contributed by atoms with Crippen molar-refractivity contribution in [3.05, 3.63) is 65.5 Å². The number of nitrogen functional groups attached to an aromatic ring is 1. The van der Waals surface area contributed by atoms with Gasteiger partial charge in [0.1, 0.15) is 18.2 Å². The molecule has 2 aromatic carbocycles. The molecule has 2 N–H and O–H groups in total. The Balaban J connectivity index is 1.71. The number of ether oxygens (including phenoxy) is 1. The average molecular weight is 399 g/mol. The van der Waals surface area contributed by atoms with Crippen molar-refractivity contribution < 1.29 is 13.5 Å². The molecule has 0 saturated heterocycles. The smallest absolute Gasteiger partial charge is 0.174 e. The Morgan fingerprint density at radius 2 is 1.93 bits per heavy atom. The molecule has 1 aliphatic rings. The summed E-state index contributed by atoms with van der Waals surface area (Å²) in [7, 11) is 0. The number of hydrogen-bond donors (Lipinski definition) is 2. The highest BCUT2D eigenvalue weighted by atomic mass is 32.1. The van der Waals surface area contributed by atoms with Crippen molar-refractivity contribution in [3.63, 3.8) is 0 Å². The van der Waals surface area contributed by atoms with E-state index in [1.54, 1.807) is 18.2 Å². The lowest BCUT2D eigenvalue weighted by atomic mass is 9.79. The molecule has 1 fully saturated rings. The maximum atomic E-state index is 15.4. The van der Waals surface area contributed by atoms with Gasteiger partial charge in [0.2, 0.25) is 0 Å². The molecule has 3 aromatic rings. The molecule has 0 aliphatic heterocycles. The quantitative estimate of drug-likeness (QED) is 0.583. The third kappa shape index (κ3) is 3.67. The van der Waals surface area contributed by atoms with Crippen LogP contribution in [-0.4, -0.2) is 9.97 Å². The van der Waals surface area contributed by atoms with Crippen molar-refractivity contribution in [3.8, 4) is 17.0 Å². The zero-order valence-electron chi connectivity index (χ0n) is 15.0. The number of thiol groups is 1. The number of nitrogens with zero attached hydrogens (tertiary/aromatic N) is 2. The van der Waals surface area contributed by atoms with Crippen molar-refractivity contribution in [1.82, 2.24) is 9.97 Å². The molecule has 1 saturated carbocycles. The SMILES string of the molecule is Nc1cnc(-c2ccc(C3CCC3)c(OCc3cc(S)ccc3F)c2F)cn1. The zero-order valence-corrected chi connectivity index (χ0v) is 15.9. The van der Waals surface area contributed by atoms with Gasteiger partial charge in [0.05, 0.1) is 18.1 Å². The molecule has 1 aliphatic carbocycles. The van der Waals surface area contributed by atoms with Crippen molar-refractivity contribution in [1.29, 1.82) is 0 Å². The fraction of sp³-hybridized carbons (Fsp3) is 0.238. The van der Waals surface area contributed by atoms with Crippen LogP contribution < -0.4 is 10.5 Å². The van der Waals surface area contributed by atoms with Gasteiger partial charge in [-0.1, -0.05) is 12.5 Å². The number of anilines is 1. The topological polar surface area (TPSA) is 61.0 Å². The van der Waals surface area contributed by atoms with Crippen LogP contribution in [0.2, 0.25) is 0 Å². The van der Waals surface area contributed by atoms with E-state index in [4.69, 9.17) is 10.5 Å². The Morgan fingerprint density at radius 3 is 2.61 bits per heavy atom. The molecule has 0 atom stereocenters. The summed E-state index contributed by atoms with van der Waals surface area (Å²) in [6.45, 7) is -0.0895. The fourth-order valence-electron chi connectivity index (χ4n) is 3.26. The van der Waals surface area contributed by atoms with Crippen molar-refractivity contribution >= 4 is 18.4 Å². The Morgan fingerprint density at radius 1 is 1.11 bits per heavy atom. The third-order valence-corrected chi connectivity index (χ3v) is 5.30. The number of hydrogen-bond acceptors (Lipinski definition) is 5. The van der Waals surface area contributed by atoms with E-state index in [0.29, 0.717) is 16.2 Å². The Hall–Kier alpha value is -2.67. The Bertz CT molecular complexity index is 1010. The first-order valence-electron chi connectivity index (χ1n) is 9.03. The van der Waals surface area contributed by atoms with Crippen LogP contribution in [-0.2, 0) is 6.61 Å². The van der Waals surface area contributed by atoms with Crippen LogP contribution in [0.1, 0.15) is 36.3 Å². The number of benzene rings is 2. The maximum absolute atomic E-state index is 15.4. The van der Waals surface area contributed by atoms with Crippen LogP contribution in [0.5, 0.6) is 5.75 Å². The van der Waals surface area contributed by atoms with Crippen molar-refractivity contribution in [2.45, 2.75) is 36.7 Å². The van der Waals surface area contributed by atoms with E-state index < -0.39 is 11.6 Å². The fourth-order valence-corrected chi connectivity index (χ4v) is 3.49. The molecular weight excluding hydrogens is 380 g/mol. The van der Waals surface area contributed by atoms with Gasteiger partial charge in [0, 0.05) is 21.6 Å². The number of nitrogens with two attached hydrogens (primary N) is 1. The minimum absolute atomic E-state index is 0.0895. The Kier molecular flexibility index (Phi) is 5.17. The molecule has 1 aromatic heterocycles. The zero-order chi connectivity index (χ0) is 19.7. The van der Waals surface area contributed by atoms with Gasteiger partial charge in [0.15, 0.2) is 11.6 Å². The first kappa shape index (κ1) is 18.7. The highest BCUT2D eigenvalue weighted by Gasteiger charge is 2.27. The molecule has 0 unspecified atom stereocenters.